The van der Waals surface area contributed by atoms with E-state index < -0.39 is 12.0 Å². The molecule has 7 nitrogen and oxygen atoms in total. The molecule has 0 aliphatic heterocycles. The van der Waals surface area contributed by atoms with E-state index in [2.05, 4.69) is 15.3 Å². The minimum absolute atomic E-state index is 0.513. The Balaban J connectivity index is 1.92. The number of hydrogen-bond acceptors (Lipinski definition) is 4. The molecule has 0 spiro atoms. The number of carbonyl (C=O) groups is 1. The third-order valence-corrected chi connectivity index (χ3v) is 3.48. The first kappa shape index (κ1) is 13.3. The zero-order valence-electron chi connectivity index (χ0n) is 11.8. The zero-order valence-corrected chi connectivity index (χ0v) is 11.8. The topological polar surface area (TPSA) is 85.8 Å². The summed E-state index contributed by atoms with van der Waals surface area (Å²) in [5.41, 5.74) is 2.66. The first-order valence-electron chi connectivity index (χ1n) is 6.61. The summed E-state index contributed by atoms with van der Waals surface area (Å²) in [5.74, 6) is -0.0484. The van der Waals surface area contributed by atoms with Crippen LogP contribution >= 0.6 is 0 Å². The minimum Gasteiger partial charge on any atom is -0.480 e. The Hall–Kier alpha value is -2.70. The third-order valence-electron chi connectivity index (χ3n) is 3.48. The van der Waals surface area contributed by atoms with Crippen molar-refractivity contribution in [2.45, 2.75) is 26.4 Å². The highest BCUT2D eigenvalue weighted by Gasteiger charge is 2.16. The molecule has 0 amide bonds. The van der Waals surface area contributed by atoms with Crippen molar-refractivity contribution < 1.29 is 9.90 Å². The number of para-hydroxylation sites is 2. The SMILES string of the molecule is Cc1nc2ccccc2n1Cc1cn(C(C)C(=O)O)nn1. The van der Waals surface area contributed by atoms with Gasteiger partial charge in [-0.1, -0.05) is 17.3 Å². The number of aliphatic carboxylic acids is 1. The van der Waals surface area contributed by atoms with Crippen molar-refractivity contribution in [3.05, 3.63) is 42.0 Å². The van der Waals surface area contributed by atoms with Crippen molar-refractivity contribution in [1.82, 2.24) is 24.5 Å². The molecule has 2 aromatic heterocycles. The van der Waals surface area contributed by atoms with E-state index in [1.165, 1.54) is 4.68 Å². The smallest absolute Gasteiger partial charge is 0.328 e. The molecular weight excluding hydrogens is 270 g/mol. The summed E-state index contributed by atoms with van der Waals surface area (Å²) in [6, 6.07) is 7.14. The molecule has 1 unspecified atom stereocenters. The van der Waals surface area contributed by atoms with Gasteiger partial charge in [0.05, 0.1) is 23.8 Å². The van der Waals surface area contributed by atoms with Gasteiger partial charge in [-0.05, 0) is 26.0 Å². The normalized spacial score (nSPS) is 12.7. The maximum absolute atomic E-state index is 11.0. The molecule has 0 fully saturated rings. The van der Waals surface area contributed by atoms with Crippen molar-refractivity contribution in [1.29, 1.82) is 0 Å². The molecule has 0 saturated carbocycles. The van der Waals surface area contributed by atoms with Crippen LogP contribution in [-0.4, -0.2) is 35.6 Å². The molecule has 1 N–H and O–H groups in total. The fourth-order valence-corrected chi connectivity index (χ4v) is 2.25. The summed E-state index contributed by atoms with van der Waals surface area (Å²) in [6.07, 6.45) is 1.66. The number of carboxylic acid groups (broad SMARTS) is 1. The van der Waals surface area contributed by atoms with Gasteiger partial charge >= 0.3 is 5.97 Å². The first-order valence-corrected chi connectivity index (χ1v) is 6.61. The maximum atomic E-state index is 11.0. The first-order chi connectivity index (χ1) is 10.1. The van der Waals surface area contributed by atoms with Gasteiger partial charge in [0.2, 0.25) is 0 Å². The van der Waals surface area contributed by atoms with E-state index in [1.54, 1.807) is 13.1 Å². The Morgan fingerprint density at radius 1 is 1.38 bits per heavy atom. The third kappa shape index (κ3) is 2.37. The van der Waals surface area contributed by atoms with E-state index in [1.807, 2.05) is 35.8 Å². The summed E-state index contributed by atoms with van der Waals surface area (Å²) >= 11 is 0. The molecule has 0 saturated heterocycles. The largest absolute Gasteiger partial charge is 0.480 e. The monoisotopic (exact) mass is 285 g/mol. The van der Waals surface area contributed by atoms with Crippen LogP contribution in [0.1, 0.15) is 24.5 Å². The van der Waals surface area contributed by atoms with Crippen LogP contribution in [0.3, 0.4) is 0 Å². The molecule has 0 bridgehead atoms. The molecule has 21 heavy (non-hydrogen) atoms. The molecule has 3 aromatic rings. The van der Waals surface area contributed by atoms with Crippen LogP contribution in [0.25, 0.3) is 11.0 Å². The van der Waals surface area contributed by atoms with Gasteiger partial charge in [-0.15, -0.1) is 5.10 Å². The van der Waals surface area contributed by atoms with Crippen LogP contribution in [0.5, 0.6) is 0 Å². The van der Waals surface area contributed by atoms with Crippen molar-refractivity contribution in [2.24, 2.45) is 0 Å². The van der Waals surface area contributed by atoms with Crippen LogP contribution in [0, 0.1) is 6.92 Å². The molecule has 0 radical (unpaired) electrons. The summed E-state index contributed by atoms with van der Waals surface area (Å²) in [4.78, 5) is 15.4. The lowest BCUT2D eigenvalue weighted by molar-refractivity contribution is -0.140. The van der Waals surface area contributed by atoms with Crippen LogP contribution < -0.4 is 0 Å². The molecule has 108 valence electrons. The lowest BCUT2D eigenvalue weighted by Gasteiger charge is -2.05. The van der Waals surface area contributed by atoms with Crippen LogP contribution in [-0.2, 0) is 11.3 Å². The van der Waals surface area contributed by atoms with Crippen molar-refractivity contribution >= 4 is 17.0 Å². The lowest BCUT2D eigenvalue weighted by atomic mass is 10.3. The fraction of sp³-hybridized carbons (Fsp3) is 0.286. The highest BCUT2D eigenvalue weighted by molar-refractivity contribution is 5.76. The Bertz CT molecular complexity index is 805. The number of rotatable bonds is 4. The Morgan fingerprint density at radius 2 is 2.14 bits per heavy atom. The highest BCUT2D eigenvalue weighted by Crippen LogP contribution is 2.17. The van der Waals surface area contributed by atoms with Gasteiger partial charge in [0.15, 0.2) is 0 Å². The Labute approximate surface area is 120 Å². The predicted octanol–water partition coefficient (Wildman–Crippen LogP) is 1.63. The zero-order chi connectivity index (χ0) is 15.0. The molecule has 3 rings (SSSR count). The molecule has 7 heteroatoms. The van der Waals surface area contributed by atoms with Crippen molar-refractivity contribution in [2.75, 3.05) is 0 Å². The van der Waals surface area contributed by atoms with E-state index in [9.17, 15) is 4.79 Å². The molecule has 2 heterocycles. The van der Waals surface area contributed by atoms with Gasteiger partial charge in [0.25, 0.3) is 0 Å². The number of carboxylic acids is 1. The summed E-state index contributed by atoms with van der Waals surface area (Å²) < 4.78 is 3.39. The number of benzene rings is 1. The van der Waals surface area contributed by atoms with Crippen LogP contribution in [0.15, 0.2) is 30.5 Å². The van der Waals surface area contributed by atoms with Crippen LogP contribution in [0.4, 0.5) is 0 Å². The van der Waals surface area contributed by atoms with E-state index in [0.29, 0.717) is 12.2 Å². The van der Waals surface area contributed by atoms with Crippen molar-refractivity contribution in [3.8, 4) is 0 Å². The number of hydrogen-bond donors (Lipinski definition) is 1. The second-order valence-electron chi connectivity index (χ2n) is 4.94. The van der Waals surface area contributed by atoms with E-state index >= 15 is 0 Å². The molecule has 1 atom stereocenters. The minimum atomic E-state index is -0.935. The van der Waals surface area contributed by atoms with E-state index in [0.717, 1.165) is 16.9 Å². The van der Waals surface area contributed by atoms with Gasteiger partial charge in [-0.2, -0.15) is 0 Å². The number of imidazole rings is 1. The van der Waals surface area contributed by atoms with Gasteiger partial charge in [0, 0.05) is 0 Å². The maximum Gasteiger partial charge on any atom is 0.328 e. The van der Waals surface area contributed by atoms with E-state index in [-0.39, 0.29) is 0 Å². The summed E-state index contributed by atoms with van der Waals surface area (Å²) in [6.45, 7) is 4.02. The van der Waals surface area contributed by atoms with Gasteiger partial charge in [0.1, 0.15) is 17.6 Å². The van der Waals surface area contributed by atoms with Crippen LogP contribution in [0.2, 0.25) is 0 Å². The summed E-state index contributed by atoms with van der Waals surface area (Å²) in [7, 11) is 0. The highest BCUT2D eigenvalue weighted by atomic mass is 16.4. The number of aryl methyl sites for hydroxylation is 1. The lowest BCUT2D eigenvalue weighted by Crippen LogP contribution is -2.16. The molecule has 0 aliphatic carbocycles. The number of fused-ring (bicyclic) bond motifs is 1. The van der Waals surface area contributed by atoms with Crippen molar-refractivity contribution in [3.63, 3.8) is 0 Å². The Morgan fingerprint density at radius 3 is 2.90 bits per heavy atom. The standard InChI is InChI=1S/C14H15N5O2/c1-9(14(20)21)19-8-11(16-17-19)7-18-10(2)15-12-5-3-4-6-13(12)18/h3-6,8-9H,7H2,1-2H3,(H,20,21). The Kier molecular flexibility index (Phi) is 3.17. The second-order valence-corrected chi connectivity index (χ2v) is 4.94. The second kappa shape index (κ2) is 5.01. The fourth-order valence-electron chi connectivity index (χ4n) is 2.25. The predicted molar refractivity (Wildman–Crippen MR) is 75.9 cm³/mol. The average Bonchev–Trinajstić information content (AvgIpc) is 3.04. The molecule has 0 aliphatic rings. The van der Waals surface area contributed by atoms with Gasteiger partial charge in [-0.25, -0.2) is 14.5 Å². The van der Waals surface area contributed by atoms with Gasteiger partial charge in [-0.3, -0.25) is 0 Å². The number of aromatic nitrogens is 5. The van der Waals surface area contributed by atoms with Gasteiger partial charge < -0.3 is 9.67 Å². The molecule has 1 aromatic carbocycles. The quantitative estimate of drug-likeness (QED) is 0.787. The average molecular weight is 285 g/mol. The number of nitrogens with zero attached hydrogens (tertiary/aromatic N) is 5. The molecular formula is C14H15N5O2. The van der Waals surface area contributed by atoms with E-state index in [4.69, 9.17) is 5.11 Å². The summed E-state index contributed by atoms with van der Waals surface area (Å²) in [5, 5.41) is 16.9.